The van der Waals surface area contributed by atoms with E-state index in [0.717, 1.165) is 54.6 Å². The van der Waals surface area contributed by atoms with E-state index in [0.29, 0.717) is 0 Å². The van der Waals surface area contributed by atoms with Gasteiger partial charge < -0.3 is 128 Å². The molecule has 0 aliphatic carbocycles. The molecule has 0 spiro atoms. The van der Waals surface area contributed by atoms with E-state index >= 15 is 14.4 Å². The number of carboxylic acids is 1. The van der Waals surface area contributed by atoms with Gasteiger partial charge in [0.1, 0.15) is 89.5 Å². The largest absolute Gasteiger partial charge is 0.508 e. The summed E-state index contributed by atoms with van der Waals surface area (Å²) in [6.45, 7) is 5.71. The molecular weight excluding hydrogens is 1390 g/mol. The summed E-state index contributed by atoms with van der Waals surface area (Å²) in [5, 5.41) is 131. The minimum Gasteiger partial charge on any atom is -0.508 e. The highest BCUT2D eigenvalue weighted by atomic mass is 35.5. The number of aliphatic hydroxyl groups excluding tert-OH is 6. The van der Waals surface area contributed by atoms with Gasteiger partial charge >= 0.3 is 5.97 Å². The summed E-state index contributed by atoms with van der Waals surface area (Å²) in [4.78, 5) is 116. The summed E-state index contributed by atoms with van der Waals surface area (Å²) in [7, 11) is 1.47. The number of fused-ring (bicyclic) bond motifs is 15. The first-order chi connectivity index (χ1) is 48.1. The second-order valence-corrected chi connectivity index (χ2v) is 26.9. The van der Waals surface area contributed by atoms with Gasteiger partial charge in [0.05, 0.1) is 41.3 Å². The Kier molecular flexibility index (Phi) is 22.8. The van der Waals surface area contributed by atoms with Crippen LogP contribution in [0.2, 0.25) is 10.0 Å². The van der Waals surface area contributed by atoms with E-state index in [-0.39, 0.29) is 57.5 Å². The molecule has 548 valence electrons. The first-order valence-electron chi connectivity index (χ1n) is 32.1. The summed E-state index contributed by atoms with van der Waals surface area (Å²) >= 11 is 14.1. The molecule has 2 fully saturated rings. The molecule has 5 aromatic rings. The highest BCUT2D eigenvalue weighted by Gasteiger charge is 2.51. The van der Waals surface area contributed by atoms with Crippen LogP contribution in [-0.2, 0) is 59.0 Å². The average Bonchev–Trinajstić information content (AvgIpc) is 0.838. The lowest BCUT2D eigenvalue weighted by atomic mass is 9.86. The van der Waals surface area contributed by atoms with Crippen LogP contribution in [0.15, 0.2) is 78.9 Å². The van der Waals surface area contributed by atoms with Crippen LogP contribution in [0.5, 0.6) is 46.0 Å². The summed E-state index contributed by atoms with van der Waals surface area (Å²) in [6.07, 6.45) is -19.1. The molecule has 7 aliphatic rings. The number of nitrogens with two attached hydrogens (primary N) is 2. The fourth-order valence-electron chi connectivity index (χ4n) is 12.7. The number of nitrogens with one attached hydrogen (secondary N) is 7. The van der Waals surface area contributed by atoms with Gasteiger partial charge in [-0.05, 0) is 110 Å². The van der Waals surface area contributed by atoms with E-state index < -0.39 is 232 Å². The second kappa shape index (κ2) is 30.8. The molecule has 102 heavy (non-hydrogen) atoms. The number of halogens is 2. The maximum absolute atomic E-state index is 15.8. The lowest BCUT2D eigenvalue weighted by molar-refractivity contribution is -0.333. The number of carbonyl (C=O) groups excluding carboxylic acids is 7. The van der Waals surface area contributed by atoms with Gasteiger partial charge in [-0.25, -0.2) is 4.79 Å². The van der Waals surface area contributed by atoms with Crippen LogP contribution >= 0.6 is 23.2 Å². The lowest BCUT2D eigenvalue weighted by Gasteiger charge is -2.47. The number of benzene rings is 5. The number of aliphatic carboxylic acids is 1. The van der Waals surface area contributed by atoms with Crippen molar-refractivity contribution in [3.63, 3.8) is 0 Å². The fourth-order valence-corrected chi connectivity index (χ4v) is 13.1. The number of rotatable bonds is 13. The maximum atomic E-state index is 15.8. The molecule has 0 aromatic heterocycles. The van der Waals surface area contributed by atoms with E-state index in [9.17, 15) is 75.0 Å². The van der Waals surface area contributed by atoms with Crippen LogP contribution < -0.4 is 62.9 Å². The van der Waals surface area contributed by atoms with Crippen LogP contribution in [-0.4, -0.2) is 197 Å². The third-order valence-electron chi connectivity index (χ3n) is 18.0. The molecule has 33 nitrogen and oxygen atoms in total. The number of ether oxygens (including phenoxy) is 6. The number of likely N-dealkylation sites (N-methyl/N-ethyl adjacent to an activating group) is 1. The van der Waals surface area contributed by atoms with E-state index in [1.165, 1.54) is 45.2 Å². The third-order valence-corrected chi connectivity index (χ3v) is 18.6. The first-order valence-corrected chi connectivity index (χ1v) is 32.9. The molecule has 5 aromatic carbocycles. The van der Waals surface area contributed by atoms with Crippen molar-refractivity contribution >= 4 is 70.5 Å². The van der Waals surface area contributed by atoms with Crippen molar-refractivity contribution in [3.8, 4) is 57.1 Å². The Bertz CT molecular complexity index is 4090. The minimum atomic E-state index is -2.29. The van der Waals surface area contributed by atoms with Crippen LogP contribution in [0.3, 0.4) is 0 Å². The number of aliphatic hydroxyl groups is 6. The van der Waals surface area contributed by atoms with Crippen molar-refractivity contribution in [2.75, 3.05) is 13.7 Å². The average molecular weight is 1460 g/mol. The van der Waals surface area contributed by atoms with Crippen molar-refractivity contribution in [1.82, 2.24) is 37.2 Å². The third kappa shape index (κ3) is 16.2. The Morgan fingerprint density at radius 1 is 0.735 bits per heavy atom. The van der Waals surface area contributed by atoms with Gasteiger partial charge in [-0.1, -0.05) is 55.2 Å². The monoisotopic (exact) mass is 1460 g/mol. The predicted octanol–water partition coefficient (Wildman–Crippen LogP) is -0.0238. The number of phenols is 3. The Labute approximate surface area is 590 Å². The standard InChI is InChI=1S/C67H77Cl2N9O24/c1-24(2)12-35(72-5)59(89)77-50-52(84)28-7-10-40(33(68)17-28)98-42-14-26-13-36(73-60(90)37(21-45(70)83)74-63(50)93)61(91)75-48-27-6-9-38(81)31(16-27)47-32(19-30(80)20-39(47)82)49(65(95)96)76-64(94)51(78-62(48)92)53(85)29-8-11-41(34(69)18-29)99-43(15-26)56(42)102-66-57(55(87)54(86)44(23-79)100-66)101-46-22-67(4,71)58(88)25(3)97-46/h6-11,14-20,24-25,35-37,44,46,48-55,57-58,66,72,79-82,84-88H,12-13,21-23,71H2,1-5H3,(H2,70,83)(H,73,90)(H,74,93)(H,75,91)(H,76,94)(H,77,89)(H,78,92)(H,95,96)/t25?,35-,36-,37+,44?,46?,48-,49-,50?,51+,52-,53-,54-,55+,57?,58?,66-,67?/m1/s1. The molecule has 2 saturated heterocycles. The quantitative estimate of drug-likeness (QED) is 0.0736. The Balaban J connectivity index is 1.22. The van der Waals surface area contributed by atoms with Gasteiger partial charge in [-0.15, -0.1) is 0 Å². The van der Waals surface area contributed by atoms with Crippen molar-refractivity contribution in [1.29, 1.82) is 0 Å². The van der Waals surface area contributed by atoms with Gasteiger partial charge in [0.2, 0.25) is 53.4 Å². The Hall–Kier alpha value is -9.20. The molecule has 21 N–H and O–H groups in total. The molecule has 7 heterocycles. The normalized spacial score (nSPS) is 29.4. The number of carboxylic acid groups (broad SMARTS) is 1. The Morgan fingerprint density at radius 3 is 1.96 bits per heavy atom. The number of carbonyl (C=O) groups is 8. The number of amides is 7. The zero-order valence-corrected chi connectivity index (χ0v) is 56.5. The van der Waals surface area contributed by atoms with E-state index in [2.05, 4.69) is 37.2 Å². The first kappa shape index (κ1) is 75.5. The minimum absolute atomic E-state index is 0.0978. The molecule has 0 saturated carbocycles. The van der Waals surface area contributed by atoms with E-state index in [1.54, 1.807) is 0 Å². The molecule has 12 rings (SSSR count). The Morgan fingerprint density at radius 2 is 1.37 bits per heavy atom. The molecule has 35 heteroatoms. The fraction of sp³-hybridized carbons (Fsp3) is 0.433. The van der Waals surface area contributed by atoms with E-state index in [1.807, 2.05) is 13.8 Å². The molecule has 7 unspecified atom stereocenters. The van der Waals surface area contributed by atoms with Crippen LogP contribution in [0.4, 0.5) is 0 Å². The number of aromatic hydroxyl groups is 3. The van der Waals surface area contributed by atoms with Crippen molar-refractivity contribution < 1.29 is 118 Å². The maximum Gasteiger partial charge on any atom is 0.330 e. The topological polar surface area (TPSA) is 530 Å². The molecule has 18 atom stereocenters. The van der Waals surface area contributed by atoms with Gasteiger partial charge in [0.15, 0.2) is 29.9 Å². The SMILES string of the molecule is CN[C@H](CC(C)C)C(=O)NC1C(=O)N[C@@H](CC(N)=O)C(=O)N[C@@H]2Cc3cc(c(O[C@H]4OC(CO)[C@@H](O)[C@H](O)C4OC4CC(C)(N)C(O)C(C)O4)c(c3)Oc3ccc(cc3Cl)[C@@H](O)[C@@H]3NC(=O)[C@H](NC2=O)c2ccc(O)c(c2)-c2c(O)cc(O)cc2[C@H](C(=O)O)NC3=O)Oc2ccc(cc2Cl)[C@H]1O. The van der Waals surface area contributed by atoms with Gasteiger partial charge in [-0.3, -0.25) is 33.6 Å². The predicted molar refractivity (Wildman–Crippen MR) is 354 cm³/mol. The van der Waals surface area contributed by atoms with Crippen molar-refractivity contribution in [3.05, 3.63) is 117 Å². The molecular formula is C67H77Cl2N9O24. The van der Waals surface area contributed by atoms with Gasteiger partial charge in [0.25, 0.3) is 0 Å². The van der Waals surface area contributed by atoms with Crippen LogP contribution in [0.1, 0.15) is 99.1 Å². The van der Waals surface area contributed by atoms with Gasteiger partial charge in [0, 0.05) is 41.1 Å². The van der Waals surface area contributed by atoms with Crippen molar-refractivity contribution in [2.24, 2.45) is 17.4 Å². The van der Waals surface area contributed by atoms with Crippen LogP contribution in [0.25, 0.3) is 11.1 Å². The molecule has 0 radical (unpaired) electrons. The number of hydrogen-bond acceptors (Lipinski definition) is 25. The molecule has 7 amide bonds. The second-order valence-electron chi connectivity index (χ2n) is 26.1. The summed E-state index contributed by atoms with van der Waals surface area (Å²) in [5.41, 5.74) is 8.45. The zero-order valence-electron chi connectivity index (χ0n) is 55.0. The van der Waals surface area contributed by atoms with Crippen molar-refractivity contribution in [2.45, 2.75) is 163 Å². The zero-order chi connectivity index (χ0) is 74.2. The number of phenolic OH excluding ortho intramolecular Hbond substituents is 3. The summed E-state index contributed by atoms with van der Waals surface area (Å²) < 4.78 is 38.4. The van der Waals surface area contributed by atoms with Crippen LogP contribution in [0, 0.1) is 5.92 Å². The van der Waals surface area contributed by atoms with Gasteiger partial charge in [-0.2, -0.15) is 0 Å². The molecule has 12 bridgehead atoms. The summed E-state index contributed by atoms with van der Waals surface area (Å²) in [5.74, 6) is -15.3. The lowest BCUT2D eigenvalue weighted by Crippen LogP contribution is -2.64. The highest BCUT2D eigenvalue weighted by molar-refractivity contribution is 6.32. The summed E-state index contributed by atoms with van der Waals surface area (Å²) in [6, 6.07) is 0.241. The number of hydrogen-bond donors (Lipinski definition) is 19. The molecule has 7 aliphatic heterocycles. The smallest absolute Gasteiger partial charge is 0.330 e. The number of primary amides is 1. The van der Waals surface area contributed by atoms with E-state index in [4.69, 9.17) is 63.1 Å². The highest BCUT2D eigenvalue weighted by Crippen LogP contribution is 2.49.